The monoisotopic (exact) mass is 260 g/mol. The van der Waals surface area contributed by atoms with Gasteiger partial charge >= 0.3 is 0 Å². The molecule has 0 unspecified atom stereocenters. The van der Waals surface area contributed by atoms with E-state index in [1.807, 2.05) is 0 Å². The molecular formula is C11H8N4O4. The molecule has 0 saturated heterocycles. The first-order valence-corrected chi connectivity index (χ1v) is 5.17. The summed E-state index contributed by atoms with van der Waals surface area (Å²) in [6.07, 6.45) is 1.08. The van der Waals surface area contributed by atoms with Crippen molar-refractivity contribution in [2.24, 2.45) is 0 Å². The molecule has 1 amide bonds. The number of carbonyl (C=O) groups is 1. The Morgan fingerprint density at radius 2 is 2.11 bits per heavy atom. The lowest BCUT2D eigenvalue weighted by atomic mass is 10.2. The number of aromatic amines is 1. The summed E-state index contributed by atoms with van der Waals surface area (Å²) in [5, 5.41) is 13.1. The second kappa shape index (κ2) is 5.08. The predicted molar refractivity (Wildman–Crippen MR) is 65.9 cm³/mol. The highest BCUT2D eigenvalue weighted by Crippen LogP contribution is 2.23. The zero-order chi connectivity index (χ0) is 13.8. The molecule has 2 aromatic rings. The molecule has 0 spiro atoms. The summed E-state index contributed by atoms with van der Waals surface area (Å²) in [6.45, 7) is 0. The van der Waals surface area contributed by atoms with Crippen LogP contribution in [0.15, 0.2) is 41.5 Å². The van der Waals surface area contributed by atoms with Gasteiger partial charge in [0.25, 0.3) is 17.2 Å². The standard InChI is InChI=1S/C11H8N4O4/c16-10-5-8(12-6-13-10)11(17)14-7-3-1-2-4-9(7)15(18)19/h1-6H,(H,14,17)(H,12,13,16). The first-order valence-electron chi connectivity index (χ1n) is 5.17. The van der Waals surface area contributed by atoms with Gasteiger partial charge in [0, 0.05) is 12.1 Å². The third kappa shape index (κ3) is 2.80. The van der Waals surface area contributed by atoms with Crippen molar-refractivity contribution in [1.82, 2.24) is 9.97 Å². The fraction of sp³-hybridized carbons (Fsp3) is 0. The fourth-order valence-electron chi connectivity index (χ4n) is 1.42. The van der Waals surface area contributed by atoms with Gasteiger partial charge in [0.1, 0.15) is 11.4 Å². The van der Waals surface area contributed by atoms with Crippen molar-refractivity contribution in [3.05, 3.63) is 62.8 Å². The summed E-state index contributed by atoms with van der Waals surface area (Å²) in [5.41, 5.74) is -0.801. The largest absolute Gasteiger partial charge is 0.315 e. The molecule has 2 N–H and O–H groups in total. The molecule has 0 radical (unpaired) electrons. The van der Waals surface area contributed by atoms with Crippen LogP contribution >= 0.6 is 0 Å². The van der Waals surface area contributed by atoms with Crippen LogP contribution in [0.4, 0.5) is 11.4 Å². The number of para-hydroxylation sites is 2. The second-order valence-corrected chi connectivity index (χ2v) is 3.52. The van der Waals surface area contributed by atoms with E-state index in [0.717, 1.165) is 12.4 Å². The highest BCUT2D eigenvalue weighted by Gasteiger charge is 2.16. The van der Waals surface area contributed by atoms with Gasteiger partial charge in [0.05, 0.1) is 11.3 Å². The van der Waals surface area contributed by atoms with Crippen LogP contribution in [0.3, 0.4) is 0 Å². The lowest BCUT2D eigenvalue weighted by Crippen LogP contribution is -2.18. The highest BCUT2D eigenvalue weighted by molar-refractivity contribution is 6.03. The van der Waals surface area contributed by atoms with Gasteiger partial charge in [0.2, 0.25) is 0 Å². The maximum atomic E-state index is 11.8. The maximum Gasteiger partial charge on any atom is 0.292 e. The van der Waals surface area contributed by atoms with Crippen LogP contribution in [0.1, 0.15) is 10.5 Å². The minimum absolute atomic E-state index is 0.0413. The topological polar surface area (TPSA) is 118 Å². The second-order valence-electron chi connectivity index (χ2n) is 3.52. The van der Waals surface area contributed by atoms with E-state index in [2.05, 4.69) is 15.3 Å². The van der Waals surface area contributed by atoms with Gasteiger partial charge in [-0.05, 0) is 6.07 Å². The van der Waals surface area contributed by atoms with E-state index in [0.29, 0.717) is 0 Å². The summed E-state index contributed by atoms with van der Waals surface area (Å²) in [5.74, 6) is -0.694. The molecule has 8 heteroatoms. The normalized spacial score (nSPS) is 9.89. The average molecular weight is 260 g/mol. The summed E-state index contributed by atoms with van der Waals surface area (Å²) in [7, 11) is 0. The fourth-order valence-corrected chi connectivity index (χ4v) is 1.42. The molecule has 0 atom stereocenters. The minimum atomic E-state index is -0.694. The lowest BCUT2D eigenvalue weighted by Gasteiger charge is -2.04. The molecule has 0 bridgehead atoms. The number of nitrogens with one attached hydrogen (secondary N) is 2. The number of hydrogen-bond donors (Lipinski definition) is 2. The third-order valence-electron chi connectivity index (χ3n) is 2.26. The van der Waals surface area contributed by atoms with E-state index in [9.17, 15) is 19.7 Å². The number of nitro groups is 1. The maximum absolute atomic E-state index is 11.8. The van der Waals surface area contributed by atoms with Gasteiger partial charge in [-0.15, -0.1) is 0 Å². The zero-order valence-electron chi connectivity index (χ0n) is 9.49. The van der Waals surface area contributed by atoms with Gasteiger partial charge in [-0.1, -0.05) is 12.1 Å². The van der Waals surface area contributed by atoms with Crippen molar-refractivity contribution in [1.29, 1.82) is 0 Å². The Morgan fingerprint density at radius 1 is 1.37 bits per heavy atom. The Labute approximate surface area is 106 Å². The van der Waals surface area contributed by atoms with Crippen molar-refractivity contribution >= 4 is 17.3 Å². The molecule has 1 aromatic carbocycles. The number of aromatic nitrogens is 2. The third-order valence-corrected chi connectivity index (χ3v) is 2.26. The summed E-state index contributed by atoms with van der Waals surface area (Å²) >= 11 is 0. The Balaban J connectivity index is 2.29. The quantitative estimate of drug-likeness (QED) is 0.628. The van der Waals surface area contributed by atoms with Crippen molar-refractivity contribution in [3.63, 3.8) is 0 Å². The van der Waals surface area contributed by atoms with Crippen LogP contribution in [0.25, 0.3) is 0 Å². The number of amides is 1. The van der Waals surface area contributed by atoms with E-state index in [1.165, 1.54) is 18.2 Å². The number of nitro benzene ring substituents is 1. The number of H-pyrrole nitrogens is 1. The van der Waals surface area contributed by atoms with Crippen LogP contribution in [0.5, 0.6) is 0 Å². The van der Waals surface area contributed by atoms with Crippen LogP contribution in [-0.2, 0) is 0 Å². The number of anilines is 1. The number of nitrogens with zero attached hydrogens (tertiary/aromatic N) is 2. The van der Waals surface area contributed by atoms with Crippen molar-refractivity contribution in [2.75, 3.05) is 5.32 Å². The SMILES string of the molecule is O=C(Nc1ccccc1[N+](=O)[O-])c1cc(=O)[nH]cn1. The van der Waals surface area contributed by atoms with Crippen molar-refractivity contribution in [2.45, 2.75) is 0 Å². The van der Waals surface area contributed by atoms with E-state index >= 15 is 0 Å². The Hall–Kier alpha value is -3.03. The summed E-state index contributed by atoms with van der Waals surface area (Å²) < 4.78 is 0. The zero-order valence-corrected chi connectivity index (χ0v) is 9.49. The number of hydrogen-bond acceptors (Lipinski definition) is 5. The summed E-state index contributed by atoms with van der Waals surface area (Å²) in [6, 6.07) is 6.70. The molecule has 0 fully saturated rings. The van der Waals surface area contributed by atoms with Crippen molar-refractivity contribution < 1.29 is 9.72 Å². The smallest absolute Gasteiger partial charge is 0.292 e. The van der Waals surface area contributed by atoms with Gasteiger partial charge in [-0.3, -0.25) is 19.7 Å². The molecule has 0 aliphatic heterocycles. The number of carbonyl (C=O) groups excluding carboxylic acids is 1. The van der Waals surface area contributed by atoms with Crippen LogP contribution in [-0.4, -0.2) is 20.8 Å². The molecule has 0 saturated carbocycles. The average Bonchev–Trinajstić information content (AvgIpc) is 2.39. The van der Waals surface area contributed by atoms with Crippen LogP contribution < -0.4 is 10.9 Å². The first-order chi connectivity index (χ1) is 9.08. The summed E-state index contributed by atoms with van der Waals surface area (Å²) in [4.78, 5) is 38.9. The molecular weight excluding hydrogens is 252 g/mol. The molecule has 1 aromatic heterocycles. The molecule has 1 heterocycles. The molecule has 19 heavy (non-hydrogen) atoms. The number of benzene rings is 1. The van der Waals surface area contributed by atoms with Crippen LogP contribution in [0.2, 0.25) is 0 Å². The Kier molecular flexibility index (Phi) is 3.33. The van der Waals surface area contributed by atoms with Gasteiger partial charge < -0.3 is 10.3 Å². The van der Waals surface area contributed by atoms with Gasteiger partial charge in [-0.25, -0.2) is 4.98 Å². The minimum Gasteiger partial charge on any atom is -0.315 e. The van der Waals surface area contributed by atoms with E-state index < -0.39 is 16.4 Å². The van der Waals surface area contributed by atoms with Gasteiger partial charge in [0.15, 0.2) is 0 Å². The lowest BCUT2D eigenvalue weighted by molar-refractivity contribution is -0.383. The molecule has 2 rings (SSSR count). The predicted octanol–water partition coefficient (Wildman–Crippen LogP) is 0.930. The molecule has 8 nitrogen and oxygen atoms in total. The van der Waals surface area contributed by atoms with E-state index in [4.69, 9.17) is 0 Å². The van der Waals surface area contributed by atoms with E-state index in [1.54, 1.807) is 6.07 Å². The molecule has 0 aliphatic carbocycles. The van der Waals surface area contributed by atoms with Crippen LogP contribution in [0, 0.1) is 10.1 Å². The van der Waals surface area contributed by atoms with E-state index in [-0.39, 0.29) is 17.1 Å². The number of rotatable bonds is 3. The Bertz CT molecular complexity index is 695. The molecule has 96 valence electrons. The molecule has 0 aliphatic rings. The first kappa shape index (κ1) is 12.4. The highest BCUT2D eigenvalue weighted by atomic mass is 16.6. The van der Waals surface area contributed by atoms with Crippen molar-refractivity contribution in [3.8, 4) is 0 Å². The van der Waals surface area contributed by atoms with Gasteiger partial charge in [-0.2, -0.15) is 0 Å². The Morgan fingerprint density at radius 3 is 2.79 bits per heavy atom.